The second kappa shape index (κ2) is 4.35. The standard InChI is InChI=1S/C16H17NO3/c18-16(19)15-13(12-3-1-2-4-14(12)20-15)9-17-8-10-5-6-11(17)7-10/h1-4,10-11H,5-9H2,(H,18,19). The van der Waals surface area contributed by atoms with Gasteiger partial charge in [0.2, 0.25) is 5.76 Å². The maximum absolute atomic E-state index is 11.4. The second-order valence-corrected chi connectivity index (χ2v) is 5.97. The fourth-order valence-electron chi connectivity index (χ4n) is 3.85. The van der Waals surface area contributed by atoms with Crippen molar-refractivity contribution in [3.63, 3.8) is 0 Å². The van der Waals surface area contributed by atoms with Crippen LogP contribution in [-0.4, -0.2) is 28.6 Å². The molecule has 2 bridgehead atoms. The van der Waals surface area contributed by atoms with E-state index in [4.69, 9.17) is 4.42 Å². The van der Waals surface area contributed by atoms with Crippen LogP contribution in [0.15, 0.2) is 28.7 Å². The summed E-state index contributed by atoms with van der Waals surface area (Å²) in [6.07, 6.45) is 3.86. The van der Waals surface area contributed by atoms with Gasteiger partial charge in [-0.3, -0.25) is 4.90 Å². The molecule has 1 aliphatic carbocycles. The molecular formula is C16H17NO3. The van der Waals surface area contributed by atoms with Crippen LogP contribution < -0.4 is 0 Å². The van der Waals surface area contributed by atoms with Crippen LogP contribution in [0, 0.1) is 5.92 Å². The highest BCUT2D eigenvalue weighted by molar-refractivity contribution is 5.95. The van der Waals surface area contributed by atoms with Crippen molar-refractivity contribution in [1.82, 2.24) is 4.90 Å². The summed E-state index contributed by atoms with van der Waals surface area (Å²) in [4.78, 5) is 13.8. The number of carbonyl (C=O) groups is 1. The molecule has 2 fully saturated rings. The summed E-state index contributed by atoms with van der Waals surface area (Å²) in [5, 5.41) is 10.3. The maximum Gasteiger partial charge on any atom is 0.372 e. The molecule has 4 rings (SSSR count). The molecule has 0 spiro atoms. The molecule has 2 atom stereocenters. The number of hydrogen-bond donors (Lipinski definition) is 1. The zero-order chi connectivity index (χ0) is 13.7. The van der Waals surface area contributed by atoms with Crippen molar-refractivity contribution in [2.24, 2.45) is 5.92 Å². The first-order valence-electron chi connectivity index (χ1n) is 7.20. The van der Waals surface area contributed by atoms with Gasteiger partial charge in [-0.1, -0.05) is 18.2 Å². The lowest BCUT2D eigenvalue weighted by atomic mass is 10.1. The monoisotopic (exact) mass is 271 g/mol. The number of para-hydroxylation sites is 1. The van der Waals surface area contributed by atoms with Crippen molar-refractivity contribution in [3.05, 3.63) is 35.6 Å². The lowest BCUT2D eigenvalue weighted by Gasteiger charge is -2.26. The first-order valence-corrected chi connectivity index (χ1v) is 7.20. The lowest BCUT2D eigenvalue weighted by Crippen LogP contribution is -2.31. The Balaban J connectivity index is 1.74. The number of furan rings is 1. The zero-order valence-corrected chi connectivity index (χ0v) is 11.2. The number of nitrogens with zero attached hydrogens (tertiary/aromatic N) is 1. The average Bonchev–Trinajstić information content (AvgIpc) is 3.13. The Morgan fingerprint density at radius 1 is 1.35 bits per heavy atom. The molecule has 1 N–H and O–H groups in total. The number of hydrogen-bond acceptors (Lipinski definition) is 3. The van der Waals surface area contributed by atoms with Gasteiger partial charge in [-0.15, -0.1) is 0 Å². The molecule has 0 amide bonds. The third-order valence-corrected chi connectivity index (χ3v) is 4.78. The molecule has 1 aliphatic heterocycles. The van der Waals surface area contributed by atoms with Crippen LogP contribution in [0.5, 0.6) is 0 Å². The van der Waals surface area contributed by atoms with Crippen molar-refractivity contribution in [1.29, 1.82) is 0 Å². The molecule has 4 heteroatoms. The smallest absolute Gasteiger partial charge is 0.372 e. The molecule has 20 heavy (non-hydrogen) atoms. The maximum atomic E-state index is 11.4. The first-order chi connectivity index (χ1) is 9.72. The van der Waals surface area contributed by atoms with E-state index in [1.807, 2.05) is 24.3 Å². The van der Waals surface area contributed by atoms with E-state index < -0.39 is 5.97 Å². The van der Waals surface area contributed by atoms with Crippen LogP contribution >= 0.6 is 0 Å². The molecule has 2 aliphatic rings. The van der Waals surface area contributed by atoms with Gasteiger partial charge in [0.15, 0.2) is 0 Å². The van der Waals surface area contributed by atoms with Crippen molar-refractivity contribution < 1.29 is 14.3 Å². The van der Waals surface area contributed by atoms with E-state index >= 15 is 0 Å². The molecule has 1 saturated heterocycles. The molecule has 2 unspecified atom stereocenters. The van der Waals surface area contributed by atoms with Gasteiger partial charge < -0.3 is 9.52 Å². The van der Waals surface area contributed by atoms with Gasteiger partial charge >= 0.3 is 5.97 Å². The summed E-state index contributed by atoms with van der Waals surface area (Å²) < 4.78 is 5.52. The molecule has 1 aromatic heterocycles. The normalized spacial score (nSPS) is 25.6. The van der Waals surface area contributed by atoms with Crippen LogP contribution in [0.1, 0.15) is 35.4 Å². The van der Waals surface area contributed by atoms with Gasteiger partial charge in [-0.05, 0) is 31.2 Å². The van der Waals surface area contributed by atoms with Gasteiger partial charge in [-0.2, -0.15) is 0 Å². The minimum atomic E-state index is -0.972. The molecule has 1 aromatic carbocycles. The Morgan fingerprint density at radius 3 is 2.90 bits per heavy atom. The summed E-state index contributed by atoms with van der Waals surface area (Å²) >= 11 is 0. The number of carboxylic acid groups (broad SMARTS) is 1. The summed E-state index contributed by atoms with van der Waals surface area (Å²) in [5.74, 6) is -0.0547. The van der Waals surface area contributed by atoms with E-state index in [9.17, 15) is 9.90 Å². The van der Waals surface area contributed by atoms with E-state index in [-0.39, 0.29) is 5.76 Å². The Morgan fingerprint density at radius 2 is 2.20 bits per heavy atom. The second-order valence-electron chi connectivity index (χ2n) is 5.97. The van der Waals surface area contributed by atoms with Crippen LogP contribution in [0.25, 0.3) is 11.0 Å². The van der Waals surface area contributed by atoms with Crippen molar-refractivity contribution in [2.45, 2.75) is 31.8 Å². The quantitative estimate of drug-likeness (QED) is 0.932. The Kier molecular flexibility index (Phi) is 2.60. The highest BCUT2D eigenvalue weighted by Crippen LogP contribution is 2.39. The topological polar surface area (TPSA) is 53.7 Å². The molecule has 2 heterocycles. The Hall–Kier alpha value is -1.81. The molecule has 4 nitrogen and oxygen atoms in total. The minimum absolute atomic E-state index is 0.106. The first kappa shape index (κ1) is 12.0. The summed E-state index contributed by atoms with van der Waals surface area (Å²) in [6, 6.07) is 8.23. The van der Waals surface area contributed by atoms with Gasteiger partial charge in [0.05, 0.1) is 0 Å². The summed E-state index contributed by atoms with van der Waals surface area (Å²) in [6.45, 7) is 1.79. The predicted octanol–water partition coefficient (Wildman–Crippen LogP) is 3.12. The van der Waals surface area contributed by atoms with Gasteiger partial charge in [-0.25, -0.2) is 4.79 Å². The van der Waals surface area contributed by atoms with Gasteiger partial charge in [0.25, 0.3) is 0 Å². The number of aromatic carboxylic acids is 1. The number of likely N-dealkylation sites (tertiary alicyclic amines) is 1. The zero-order valence-electron chi connectivity index (χ0n) is 11.2. The number of carboxylic acids is 1. The summed E-state index contributed by atoms with van der Waals surface area (Å²) in [5.41, 5.74) is 1.50. The van der Waals surface area contributed by atoms with Crippen molar-refractivity contribution >= 4 is 16.9 Å². The summed E-state index contributed by atoms with van der Waals surface area (Å²) in [7, 11) is 0. The third-order valence-electron chi connectivity index (χ3n) is 4.78. The van der Waals surface area contributed by atoms with Crippen LogP contribution in [0.4, 0.5) is 0 Å². The molecule has 0 radical (unpaired) electrons. The number of fused-ring (bicyclic) bond motifs is 3. The number of benzene rings is 1. The van der Waals surface area contributed by atoms with Crippen LogP contribution in [0.3, 0.4) is 0 Å². The van der Waals surface area contributed by atoms with Gasteiger partial charge in [0, 0.05) is 30.1 Å². The molecule has 1 saturated carbocycles. The van der Waals surface area contributed by atoms with Crippen LogP contribution in [-0.2, 0) is 6.54 Å². The van der Waals surface area contributed by atoms with E-state index in [1.165, 1.54) is 19.3 Å². The number of rotatable bonds is 3. The van der Waals surface area contributed by atoms with E-state index in [0.717, 1.165) is 23.4 Å². The fraction of sp³-hybridized carbons (Fsp3) is 0.438. The van der Waals surface area contributed by atoms with Crippen molar-refractivity contribution in [2.75, 3.05) is 6.54 Å². The third kappa shape index (κ3) is 1.75. The fourth-order valence-corrected chi connectivity index (χ4v) is 3.85. The Labute approximate surface area is 117 Å². The predicted molar refractivity (Wildman–Crippen MR) is 74.7 cm³/mol. The molecule has 2 aromatic rings. The van der Waals surface area contributed by atoms with E-state index in [2.05, 4.69) is 4.90 Å². The van der Waals surface area contributed by atoms with E-state index in [1.54, 1.807) is 0 Å². The average molecular weight is 271 g/mol. The SMILES string of the molecule is O=C(O)c1oc2ccccc2c1CN1CC2CCC1C2. The Bertz CT molecular complexity index is 675. The van der Waals surface area contributed by atoms with E-state index in [0.29, 0.717) is 18.2 Å². The lowest BCUT2D eigenvalue weighted by molar-refractivity contribution is 0.0661. The molecular weight excluding hydrogens is 254 g/mol. The highest BCUT2D eigenvalue weighted by Gasteiger charge is 2.38. The largest absolute Gasteiger partial charge is 0.475 e. The minimum Gasteiger partial charge on any atom is -0.475 e. The number of piperidine rings is 1. The molecule has 104 valence electrons. The van der Waals surface area contributed by atoms with Gasteiger partial charge in [0.1, 0.15) is 5.58 Å². The van der Waals surface area contributed by atoms with Crippen LogP contribution in [0.2, 0.25) is 0 Å². The van der Waals surface area contributed by atoms with Crippen molar-refractivity contribution in [3.8, 4) is 0 Å². The highest BCUT2D eigenvalue weighted by atomic mass is 16.4.